The van der Waals surface area contributed by atoms with Crippen LogP contribution in [0.1, 0.15) is 44.2 Å². The predicted molar refractivity (Wildman–Crippen MR) is 87.6 cm³/mol. The Morgan fingerprint density at radius 2 is 2.05 bits per heavy atom. The first-order valence-corrected chi connectivity index (χ1v) is 7.66. The van der Waals surface area contributed by atoms with Crippen LogP contribution in [0, 0.1) is 23.7 Å². The average molecular weight is 303 g/mol. The Kier molecular flexibility index (Phi) is 6.87. The number of nitrogens with one attached hydrogen (secondary N) is 2. The van der Waals surface area contributed by atoms with Crippen LogP contribution in [0.5, 0.6) is 0 Å². The van der Waals surface area contributed by atoms with Crippen LogP contribution < -0.4 is 10.6 Å². The number of aliphatic hydroxyl groups is 1. The summed E-state index contributed by atoms with van der Waals surface area (Å²) in [5, 5.41) is 23.8. The third-order valence-corrected chi connectivity index (χ3v) is 4.38. The van der Waals surface area contributed by atoms with Gasteiger partial charge in [-0.3, -0.25) is 0 Å². The number of aryl methyl sites for hydroxylation is 1. The first-order chi connectivity index (χ1) is 10.5. The van der Waals surface area contributed by atoms with Crippen molar-refractivity contribution >= 4 is 11.7 Å². The van der Waals surface area contributed by atoms with Crippen molar-refractivity contribution in [1.29, 1.82) is 5.26 Å². The van der Waals surface area contributed by atoms with Crippen molar-refractivity contribution in [3.05, 3.63) is 29.3 Å². The summed E-state index contributed by atoms with van der Waals surface area (Å²) < 4.78 is 0. The molecule has 5 heteroatoms. The zero-order valence-electron chi connectivity index (χ0n) is 13.6. The minimum absolute atomic E-state index is 0.0738. The van der Waals surface area contributed by atoms with Gasteiger partial charge in [0.2, 0.25) is 0 Å². The Bertz CT molecular complexity index is 545. The van der Waals surface area contributed by atoms with Crippen LogP contribution >= 0.6 is 0 Å². The van der Waals surface area contributed by atoms with Gasteiger partial charge in [0.05, 0.1) is 11.6 Å². The van der Waals surface area contributed by atoms with Crippen LogP contribution in [0.25, 0.3) is 0 Å². The van der Waals surface area contributed by atoms with Gasteiger partial charge in [0.25, 0.3) is 0 Å². The fourth-order valence-electron chi connectivity index (χ4n) is 2.44. The van der Waals surface area contributed by atoms with Gasteiger partial charge in [-0.05, 0) is 49.3 Å². The Hall–Kier alpha value is -2.06. The summed E-state index contributed by atoms with van der Waals surface area (Å²) in [5.41, 5.74) is 1.98. The van der Waals surface area contributed by atoms with Crippen molar-refractivity contribution in [3.8, 4) is 6.07 Å². The van der Waals surface area contributed by atoms with Gasteiger partial charge in [0.15, 0.2) is 0 Å². The minimum Gasteiger partial charge on any atom is -0.396 e. The van der Waals surface area contributed by atoms with E-state index in [1.807, 2.05) is 13.0 Å². The molecule has 0 saturated carbocycles. The molecule has 0 aliphatic carbocycles. The third kappa shape index (κ3) is 4.74. The summed E-state index contributed by atoms with van der Waals surface area (Å²) in [4.78, 5) is 12.1. The number of urea groups is 1. The number of nitriles is 1. The van der Waals surface area contributed by atoms with E-state index in [9.17, 15) is 9.90 Å². The summed E-state index contributed by atoms with van der Waals surface area (Å²) in [7, 11) is 0. The van der Waals surface area contributed by atoms with Gasteiger partial charge >= 0.3 is 6.03 Å². The number of anilines is 1. The average Bonchev–Trinajstić information content (AvgIpc) is 2.53. The highest BCUT2D eigenvalue weighted by Gasteiger charge is 2.26. The maximum absolute atomic E-state index is 12.1. The molecule has 1 rings (SSSR count). The van der Waals surface area contributed by atoms with Gasteiger partial charge in [-0.1, -0.05) is 19.9 Å². The van der Waals surface area contributed by atoms with E-state index in [4.69, 9.17) is 5.26 Å². The zero-order chi connectivity index (χ0) is 16.6. The molecule has 0 radical (unpaired) electrons. The highest BCUT2D eigenvalue weighted by atomic mass is 16.3. The highest BCUT2D eigenvalue weighted by Crippen LogP contribution is 2.29. The van der Waals surface area contributed by atoms with Crippen molar-refractivity contribution in [2.24, 2.45) is 5.41 Å². The number of aliphatic hydroxyl groups excluding tert-OH is 1. The lowest BCUT2D eigenvalue weighted by Gasteiger charge is -2.31. The largest absolute Gasteiger partial charge is 0.396 e. The van der Waals surface area contributed by atoms with Crippen LogP contribution in [0.3, 0.4) is 0 Å². The Balaban J connectivity index is 2.69. The molecule has 0 aliphatic rings. The van der Waals surface area contributed by atoms with Gasteiger partial charge in [0, 0.05) is 18.8 Å². The van der Waals surface area contributed by atoms with E-state index in [2.05, 4.69) is 30.6 Å². The van der Waals surface area contributed by atoms with Crippen LogP contribution in [0.2, 0.25) is 0 Å². The number of rotatable bonds is 7. The fourth-order valence-corrected chi connectivity index (χ4v) is 2.44. The molecule has 0 unspecified atom stereocenters. The number of carbonyl (C=O) groups excluding carboxylic acids is 1. The van der Waals surface area contributed by atoms with E-state index < -0.39 is 0 Å². The maximum atomic E-state index is 12.1. The first kappa shape index (κ1) is 18.0. The predicted octanol–water partition coefficient (Wildman–Crippen LogP) is 3.18. The van der Waals surface area contributed by atoms with E-state index >= 15 is 0 Å². The van der Waals surface area contributed by atoms with Crippen molar-refractivity contribution in [2.45, 2.75) is 40.0 Å². The van der Waals surface area contributed by atoms with E-state index in [0.29, 0.717) is 24.2 Å². The molecule has 0 aromatic heterocycles. The molecular weight excluding hydrogens is 278 g/mol. The van der Waals surface area contributed by atoms with Crippen LogP contribution in [0.15, 0.2) is 18.2 Å². The van der Waals surface area contributed by atoms with Gasteiger partial charge < -0.3 is 15.7 Å². The Morgan fingerprint density at radius 1 is 1.36 bits per heavy atom. The first-order valence-electron chi connectivity index (χ1n) is 7.66. The number of benzene rings is 1. The lowest BCUT2D eigenvalue weighted by atomic mass is 9.79. The van der Waals surface area contributed by atoms with Gasteiger partial charge in [0.1, 0.15) is 0 Å². The molecule has 0 bridgehead atoms. The smallest absolute Gasteiger partial charge is 0.319 e. The van der Waals surface area contributed by atoms with E-state index in [1.54, 1.807) is 12.1 Å². The van der Waals surface area contributed by atoms with Gasteiger partial charge in [-0.25, -0.2) is 4.79 Å². The molecule has 1 aromatic rings. The van der Waals surface area contributed by atoms with Crippen molar-refractivity contribution in [2.75, 3.05) is 18.5 Å². The second-order valence-electron chi connectivity index (χ2n) is 5.63. The second kappa shape index (κ2) is 8.40. The maximum Gasteiger partial charge on any atom is 0.319 e. The molecule has 5 nitrogen and oxygen atoms in total. The molecule has 0 aliphatic heterocycles. The molecule has 0 heterocycles. The summed E-state index contributed by atoms with van der Waals surface area (Å²) in [5.74, 6) is 0. The summed E-state index contributed by atoms with van der Waals surface area (Å²) in [6.45, 7) is 6.65. The summed E-state index contributed by atoms with van der Waals surface area (Å²) in [6.07, 6.45) is 2.46. The monoisotopic (exact) mass is 303 g/mol. The highest BCUT2D eigenvalue weighted by molar-refractivity contribution is 5.90. The van der Waals surface area contributed by atoms with E-state index in [-0.39, 0.29) is 18.1 Å². The van der Waals surface area contributed by atoms with Crippen molar-refractivity contribution < 1.29 is 9.90 Å². The van der Waals surface area contributed by atoms with Crippen LogP contribution in [0.4, 0.5) is 10.5 Å². The normalized spacial score (nSPS) is 10.9. The van der Waals surface area contributed by atoms with E-state index in [0.717, 1.165) is 18.4 Å². The Morgan fingerprint density at radius 3 is 2.59 bits per heavy atom. The molecule has 0 spiro atoms. The molecule has 2 amide bonds. The molecule has 0 fully saturated rings. The number of amides is 2. The molecule has 3 N–H and O–H groups in total. The Labute approximate surface area is 132 Å². The summed E-state index contributed by atoms with van der Waals surface area (Å²) >= 11 is 0. The number of hydrogen-bond donors (Lipinski definition) is 3. The third-order valence-electron chi connectivity index (χ3n) is 4.38. The fraction of sp³-hybridized carbons (Fsp3) is 0.529. The molecular formula is C17H25N3O2. The number of nitrogens with zero attached hydrogens (tertiary/aromatic N) is 1. The lowest BCUT2D eigenvalue weighted by Crippen LogP contribution is -2.39. The number of hydrogen-bond acceptors (Lipinski definition) is 3. The zero-order valence-corrected chi connectivity index (χ0v) is 13.6. The minimum atomic E-state index is -0.289. The molecule has 0 atom stereocenters. The van der Waals surface area contributed by atoms with Gasteiger partial charge in [-0.2, -0.15) is 5.26 Å². The quantitative estimate of drug-likeness (QED) is 0.723. The molecule has 22 heavy (non-hydrogen) atoms. The van der Waals surface area contributed by atoms with Crippen LogP contribution in [-0.2, 0) is 0 Å². The molecule has 0 saturated heterocycles. The summed E-state index contributed by atoms with van der Waals surface area (Å²) in [6, 6.07) is 6.96. The molecule has 120 valence electrons. The van der Waals surface area contributed by atoms with Crippen molar-refractivity contribution in [3.63, 3.8) is 0 Å². The standard InChI is InChI=1S/C17H25N3O2/c1-4-17(5-2,8-9-21)12-19-16(22)20-15-10-14(11-18)7-6-13(15)3/h6-7,10,21H,4-5,8-9,12H2,1-3H3,(H2,19,20,22). The molecule has 1 aromatic carbocycles. The van der Waals surface area contributed by atoms with E-state index in [1.165, 1.54) is 0 Å². The lowest BCUT2D eigenvalue weighted by molar-refractivity contribution is 0.165. The second-order valence-corrected chi connectivity index (χ2v) is 5.63. The topological polar surface area (TPSA) is 85.2 Å². The SMILES string of the molecule is CCC(CC)(CCO)CNC(=O)Nc1cc(C#N)ccc1C. The van der Waals surface area contributed by atoms with Crippen molar-refractivity contribution in [1.82, 2.24) is 5.32 Å². The number of carbonyl (C=O) groups is 1. The van der Waals surface area contributed by atoms with Gasteiger partial charge in [-0.15, -0.1) is 0 Å². The van der Waals surface area contributed by atoms with Crippen LogP contribution in [-0.4, -0.2) is 24.3 Å².